The van der Waals surface area contributed by atoms with Crippen LogP contribution in [0, 0.1) is 0 Å². The summed E-state index contributed by atoms with van der Waals surface area (Å²) < 4.78 is 0. The molecule has 3 aliphatic rings. The zero-order chi connectivity index (χ0) is 22.1. The first-order chi connectivity index (χ1) is 15.6. The standard InChI is InChI=1S/C26H29N3O3/c30-24(27-15-7-1-2-8-16-27)20-11-4-3-10-19(20)18-29-22-13-6-5-12-21(22)25(31)28-17-9-14-23(28)26(29)32/h3-6,10-13,23H,1-2,7-9,14-18H2/t23-/m0/s1. The third kappa shape index (κ3) is 3.68. The predicted molar refractivity (Wildman–Crippen MR) is 123 cm³/mol. The summed E-state index contributed by atoms with van der Waals surface area (Å²) >= 11 is 0. The first-order valence-electron chi connectivity index (χ1n) is 11.7. The fraction of sp³-hybridized carbons (Fsp3) is 0.423. The normalized spacial score (nSPS) is 21.1. The molecule has 1 atom stereocenters. The van der Waals surface area contributed by atoms with Gasteiger partial charge in [-0.2, -0.15) is 0 Å². The molecular weight excluding hydrogens is 402 g/mol. The topological polar surface area (TPSA) is 60.9 Å². The van der Waals surface area contributed by atoms with Gasteiger partial charge < -0.3 is 14.7 Å². The van der Waals surface area contributed by atoms with Gasteiger partial charge in [0, 0.05) is 25.2 Å². The maximum atomic E-state index is 13.6. The summed E-state index contributed by atoms with van der Waals surface area (Å²) in [5, 5.41) is 0. The molecule has 0 bridgehead atoms. The van der Waals surface area contributed by atoms with Crippen LogP contribution in [0.15, 0.2) is 48.5 Å². The van der Waals surface area contributed by atoms with Gasteiger partial charge in [-0.15, -0.1) is 0 Å². The maximum Gasteiger partial charge on any atom is 0.256 e. The third-order valence-electron chi connectivity index (χ3n) is 6.96. The Morgan fingerprint density at radius 3 is 2.38 bits per heavy atom. The Labute approximate surface area is 188 Å². The van der Waals surface area contributed by atoms with Gasteiger partial charge in [-0.3, -0.25) is 14.4 Å². The second kappa shape index (κ2) is 8.77. The van der Waals surface area contributed by atoms with E-state index in [1.165, 1.54) is 0 Å². The van der Waals surface area contributed by atoms with Crippen LogP contribution < -0.4 is 4.90 Å². The first kappa shape index (κ1) is 20.7. The summed E-state index contributed by atoms with van der Waals surface area (Å²) in [6, 6.07) is 14.5. The molecule has 2 fully saturated rings. The minimum absolute atomic E-state index is 0.0385. The summed E-state index contributed by atoms with van der Waals surface area (Å²) in [4.78, 5) is 45.6. The number of amides is 3. The van der Waals surface area contributed by atoms with Crippen molar-refractivity contribution in [3.05, 3.63) is 65.2 Å². The smallest absolute Gasteiger partial charge is 0.256 e. The van der Waals surface area contributed by atoms with Gasteiger partial charge in [-0.1, -0.05) is 43.2 Å². The van der Waals surface area contributed by atoms with Crippen molar-refractivity contribution < 1.29 is 14.4 Å². The van der Waals surface area contributed by atoms with E-state index in [0.29, 0.717) is 29.8 Å². The number of para-hydroxylation sites is 1. The van der Waals surface area contributed by atoms with Crippen LogP contribution in [0.3, 0.4) is 0 Å². The number of fused-ring (bicyclic) bond motifs is 2. The number of hydrogen-bond acceptors (Lipinski definition) is 3. The average molecular weight is 432 g/mol. The Balaban J connectivity index is 1.51. The Bertz CT molecular complexity index is 1040. The molecule has 0 unspecified atom stereocenters. The maximum absolute atomic E-state index is 13.6. The SMILES string of the molecule is O=C(c1ccccc1CN1C(=O)[C@@H]2CCCN2C(=O)c2ccccc21)N1CCCCCC1. The Kier molecular flexibility index (Phi) is 5.68. The number of nitrogens with zero attached hydrogens (tertiary/aromatic N) is 3. The van der Waals surface area contributed by atoms with Crippen LogP contribution in [-0.4, -0.2) is 53.2 Å². The molecule has 5 rings (SSSR count). The number of benzene rings is 2. The highest BCUT2D eigenvalue weighted by atomic mass is 16.2. The van der Waals surface area contributed by atoms with E-state index in [1.54, 1.807) is 15.9 Å². The number of hydrogen-bond donors (Lipinski definition) is 0. The minimum atomic E-state index is -0.427. The van der Waals surface area contributed by atoms with Crippen LogP contribution in [0.2, 0.25) is 0 Å². The molecule has 32 heavy (non-hydrogen) atoms. The molecule has 2 aromatic rings. The monoisotopic (exact) mass is 431 g/mol. The zero-order valence-electron chi connectivity index (χ0n) is 18.3. The number of anilines is 1. The van der Waals surface area contributed by atoms with Crippen molar-refractivity contribution in [3.8, 4) is 0 Å². The minimum Gasteiger partial charge on any atom is -0.339 e. The van der Waals surface area contributed by atoms with Gasteiger partial charge in [0.15, 0.2) is 0 Å². The van der Waals surface area contributed by atoms with Gasteiger partial charge in [0.2, 0.25) is 5.91 Å². The molecule has 3 amide bonds. The molecule has 0 N–H and O–H groups in total. The van der Waals surface area contributed by atoms with Gasteiger partial charge in [0.05, 0.1) is 17.8 Å². The van der Waals surface area contributed by atoms with E-state index in [9.17, 15) is 14.4 Å². The Morgan fingerprint density at radius 2 is 1.56 bits per heavy atom. The molecule has 6 heteroatoms. The predicted octanol–water partition coefficient (Wildman–Crippen LogP) is 3.85. The van der Waals surface area contributed by atoms with E-state index in [-0.39, 0.29) is 24.3 Å². The van der Waals surface area contributed by atoms with E-state index in [4.69, 9.17) is 0 Å². The largest absolute Gasteiger partial charge is 0.339 e. The van der Waals surface area contributed by atoms with E-state index in [0.717, 1.165) is 50.8 Å². The number of carbonyl (C=O) groups excluding carboxylic acids is 3. The lowest BCUT2D eigenvalue weighted by molar-refractivity contribution is -0.122. The van der Waals surface area contributed by atoms with Gasteiger partial charge in [-0.05, 0) is 49.4 Å². The molecular formula is C26H29N3O3. The quantitative estimate of drug-likeness (QED) is 0.742. The first-order valence-corrected chi connectivity index (χ1v) is 11.7. The molecule has 0 aliphatic carbocycles. The number of rotatable bonds is 3. The highest BCUT2D eigenvalue weighted by Crippen LogP contribution is 2.33. The number of carbonyl (C=O) groups is 3. The molecule has 0 spiro atoms. The van der Waals surface area contributed by atoms with E-state index < -0.39 is 6.04 Å². The Morgan fingerprint density at radius 1 is 0.844 bits per heavy atom. The fourth-order valence-corrected chi connectivity index (χ4v) is 5.25. The summed E-state index contributed by atoms with van der Waals surface area (Å²) in [5.74, 6) is -0.0951. The van der Waals surface area contributed by atoms with Crippen molar-refractivity contribution in [2.45, 2.75) is 51.1 Å². The molecule has 3 heterocycles. The molecule has 6 nitrogen and oxygen atoms in total. The van der Waals surface area contributed by atoms with Crippen molar-refractivity contribution in [2.75, 3.05) is 24.5 Å². The van der Waals surface area contributed by atoms with Gasteiger partial charge in [0.1, 0.15) is 6.04 Å². The lowest BCUT2D eigenvalue weighted by Gasteiger charge is -2.27. The van der Waals surface area contributed by atoms with E-state index in [2.05, 4.69) is 0 Å². The van der Waals surface area contributed by atoms with Gasteiger partial charge in [-0.25, -0.2) is 0 Å². The van der Waals surface area contributed by atoms with Crippen LogP contribution >= 0.6 is 0 Å². The van der Waals surface area contributed by atoms with Crippen molar-refractivity contribution >= 4 is 23.4 Å². The zero-order valence-corrected chi connectivity index (χ0v) is 18.3. The van der Waals surface area contributed by atoms with Crippen LogP contribution in [-0.2, 0) is 11.3 Å². The molecule has 166 valence electrons. The van der Waals surface area contributed by atoms with Crippen molar-refractivity contribution in [2.24, 2.45) is 0 Å². The molecule has 3 aliphatic heterocycles. The van der Waals surface area contributed by atoms with Crippen molar-refractivity contribution in [3.63, 3.8) is 0 Å². The highest BCUT2D eigenvalue weighted by molar-refractivity contribution is 6.11. The second-order valence-corrected chi connectivity index (χ2v) is 8.96. The van der Waals surface area contributed by atoms with Crippen LogP contribution in [0.1, 0.15) is 64.8 Å². The average Bonchev–Trinajstić information content (AvgIpc) is 3.13. The Hall–Kier alpha value is -3.15. The lowest BCUT2D eigenvalue weighted by Crippen LogP contribution is -2.44. The molecule has 2 saturated heterocycles. The second-order valence-electron chi connectivity index (χ2n) is 8.96. The summed E-state index contributed by atoms with van der Waals surface area (Å²) in [5.41, 5.74) is 2.66. The van der Waals surface area contributed by atoms with Crippen molar-refractivity contribution in [1.29, 1.82) is 0 Å². The summed E-state index contributed by atoms with van der Waals surface area (Å²) in [6.45, 7) is 2.46. The number of likely N-dealkylation sites (tertiary alicyclic amines) is 1. The fourth-order valence-electron chi connectivity index (χ4n) is 5.25. The summed E-state index contributed by atoms with van der Waals surface area (Å²) in [6.07, 6.45) is 5.91. The van der Waals surface area contributed by atoms with Crippen molar-refractivity contribution in [1.82, 2.24) is 9.80 Å². The highest BCUT2D eigenvalue weighted by Gasteiger charge is 2.42. The summed E-state index contributed by atoms with van der Waals surface area (Å²) in [7, 11) is 0. The van der Waals surface area contributed by atoms with E-state index in [1.807, 2.05) is 47.4 Å². The van der Waals surface area contributed by atoms with Gasteiger partial charge in [0.25, 0.3) is 11.8 Å². The van der Waals surface area contributed by atoms with Crippen LogP contribution in [0.5, 0.6) is 0 Å². The van der Waals surface area contributed by atoms with Gasteiger partial charge >= 0.3 is 0 Å². The molecule has 0 aromatic heterocycles. The third-order valence-corrected chi connectivity index (χ3v) is 6.96. The molecule has 0 radical (unpaired) electrons. The van der Waals surface area contributed by atoms with Crippen LogP contribution in [0.25, 0.3) is 0 Å². The van der Waals surface area contributed by atoms with Crippen LogP contribution in [0.4, 0.5) is 5.69 Å². The molecule has 2 aromatic carbocycles. The lowest BCUT2D eigenvalue weighted by atomic mass is 10.0. The van der Waals surface area contributed by atoms with E-state index >= 15 is 0 Å². The molecule has 0 saturated carbocycles.